The number of carbonyl (C=O) groups is 1. The number of para-hydroxylation sites is 2. The lowest BCUT2D eigenvalue weighted by molar-refractivity contribution is 0.0740. The van der Waals surface area contributed by atoms with Gasteiger partial charge in [0.2, 0.25) is 0 Å². The minimum absolute atomic E-state index is 0.0544. The third kappa shape index (κ3) is 4.06. The first-order valence-corrected chi connectivity index (χ1v) is 9.03. The summed E-state index contributed by atoms with van der Waals surface area (Å²) in [6.07, 6.45) is 1.43. The van der Waals surface area contributed by atoms with Crippen LogP contribution in [0.25, 0.3) is 0 Å². The van der Waals surface area contributed by atoms with Crippen LogP contribution in [0, 0.1) is 0 Å². The summed E-state index contributed by atoms with van der Waals surface area (Å²) in [6, 6.07) is 21.7. The van der Waals surface area contributed by atoms with Gasteiger partial charge in [-0.2, -0.15) is 0 Å². The molecule has 6 heteroatoms. The van der Waals surface area contributed by atoms with Gasteiger partial charge in [0, 0.05) is 43.6 Å². The maximum Gasteiger partial charge on any atom is 0.272 e. The summed E-state index contributed by atoms with van der Waals surface area (Å²) >= 11 is 0. The lowest BCUT2D eigenvalue weighted by Gasteiger charge is -2.36. The van der Waals surface area contributed by atoms with Crippen molar-refractivity contribution in [2.45, 2.75) is 0 Å². The van der Waals surface area contributed by atoms with Crippen LogP contribution in [0.3, 0.4) is 0 Å². The predicted octanol–water partition coefficient (Wildman–Crippen LogP) is 3.18. The van der Waals surface area contributed by atoms with Gasteiger partial charge in [-0.15, -0.1) is 0 Å². The Morgan fingerprint density at radius 2 is 1.52 bits per heavy atom. The number of rotatable bonds is 4. The molecular formula is C21H21N5O. The molecule has 1 amide bonds. The van der Waals surface area contributed by atoms with E-state index < -0.39 is 0 Å². The fraction of sp³-hybridized carbons (Fsp3) is 0.190. The molecule has 0 aliphatic carbocycles. The standard InChI is InChI=1S/C21H21N5O/c27-21(26-13-11-25(12-14-26)18-9-5-2-6-10-18)19-15-20(23-16-22-19)24-17-7-3-1-4-8-17/h1-10,15-16H,11-14H2,(H,22,23,24). The van der Waals surface area contributed by atoms with Crippen molar-refractivity contribution in [3.63, 3.8) is 0 Å². The summed E-state index contributed by atoms with van der Waals surface area (Å²) in [5, 5.41) is 3.20. The Hall–Kier alpha value is -3.41. The molecule has 1 saturated heterocycles. The van der Waals surface area contributed by atoms with Gasteiger partial charge in [-0.3, -0.25) is 4.79 Å². The van der Waals surface area contributed by atoms with Crippen molar-refractivity contribution in [2.75, 3.05) is 36.4 Å². The number of benzene rings is 2. The largest absolute Gasteiger partial charge is 0.368 e. The highest BCUT2D eigenvalue weighted by atomic mass is 16.2. The maximum atomic E-state index is 12.8. The van der Waals surface area contributed by atoms with Gasteiger partial charge in [0.15, 0.2) is 0 Å². The molecule has 27 heavy (non-hydrogen) atoms. The second-order valence-electron chi connectivity index (χ2n) is 6.39. The second-order valence-corrected chi connectivity index (χ2v) is 6.39. The van der Waals surface area contributed by atoms with E-state index in [4.69, 9.17) is 0 Å². The molecule has 2 aromatic carbocycles. The normalized spacial score (nSPS) is 14.1. The smallest absolute Gasteiger partial charge is 0.272 e. The van der Waals surface area contributed by atoms with Crippen LogP contribution in [0.5, 0.6) is 0 Å². The number of aromatic nitrogens is 2. The van der Waals surface area contributed by atoms with Gasteiger partial charge in [0.05, 0.1) is 0 Å². The van der Waals surface area contributed by atoms with E-state index in [1.165, 1.54) is 12.0 Å². The Kier molecular flexibility index (Phi) is 4.96. The first-order chi connectivity index (χ1) is 13.3. The van der Waals surface area contributed by atoms with Crippen molar-refractivity contribution in [1.82, 2.24) is 14.9 Å². The number of carbonyl (C=O) groups excluding carboxylic acids is 1. The fourth-order valence-corrected chi connectivity index (χ4v) is 3.18. The van der Waals surface area contributed by atoms with Gasteiger partial charge in [-0.1, -0.05) is 36.4 Å². The Balaban J connectivity index is 1.41. The number of hydrogen-bond donors (Lipinski definition) is 1. The highest BCUT2D eigenvalue weighted by Crippen LogP contribution is 2.18. The molecule has 4 rings (SSSR count). The van der Waals surface area contributed by atoms with E-state index in [2.05, 4.69) is 32.3 Å². The molecule has 2 heterocycles. The molecule has 1 fully saturated rings. The molecular weight excluding hydrogens is 338 g/mol. The van der Waals surface area contributed by atoms with E-state index >= 15 is 0 Å². The van der Waals surface area contributed by atoms with E-state index in [1.54, 1.807) is 6.07 Å². The predicted molar refractivity (Wildman–Crippen MR) is 106 cm³/mol. The second kappa shape index (κ2) is 7.86. The Labute approximate surface area is 158 Å². The van der Waals surface area contributed by atoms with E-state index in [0.717, 1.165) is 18.8 Å². The molecule has 1 N–H and O–H groups in total. The van der Waals surface area contributed by atoms with Gasteiger partial charge in [-0.25, -0.2) is 9.97 Å². The summed E-state index contributed by atoms with van der Waals surface area (Å²) in [5.41, 5.74) is 2.53. The topological polar surface area (TPSA) is 61.4 Å². The molecule has 1 aliphatic heterocycles. The maximum absolute atomic E-state index is 12.8. The highest BCUT2D eigenvalue weighted by molar-refractivity contribution is 5.93. The van der Waals surface area contributed by atoms with Crippen LogP contribution in [-0.2, 0) is 0 Å². The van der Waals surface area contributed by atoms with Crippen molar-refractivity contribution in [3.05, 3.63) is 78.8 Å². The number of nitrogens with zero attached hydrogens (tertiary/aromatic N) is 4. The van der Waals surface area contributed by atoms with Crippen molar-refractivity contribution in [3.8, 4) is 0 Å². The minimum Gasteiger partial charge on any atom is -0.368 e. The van der Waals surface area contributed by atoms with Crippen molar-refractivity contribution >= 4 is 23.1 Å². The quantitative estimate of drug-likeness (QED) is 0.775. The van der Waals surface area contributed by atoms with Crippen LogP contribution < -0.4 is 10.2 Å². The van der Waals surface area contributed by atoms with Crippen LogP contribution >= 0.6 is 0 Å². The molecule has 3 aromatic rings. The third-order valence-electron chi connectivity index (χ3n) is 4.62. The molecule has 0 atom stereocenters. The van der Waals surface area contributed by atoms with Crippen LogP contribution in [0.2, 0.25) is 0 Å². The molecule has 136 valence electrons. The Morgan fingerprint density at radius 1 is 0.852 bits per heavy atom. The zero-order valence-electron chi connectivity index (χ0n) is 15.0. The molecule has 0 spiro atoms. The Morgan fingerprint density at radius 3 is 2.22 bits per heavy atom. The van der Waals surface area contributed by atoms with Crippen LogP contribution in [0.15, 0.2) is 73.1 Å². The summed E-state index contributed by atoms with van der Waals surface area (Å²) in [6.45, 7) is 2.99. The molecule has 0 bridgehead atoms. The van der Waals surface area contributed by atoms with Gasteiger partial charge >= 0.3 is 0 Å². The van der Waals surface area contributed by atoms with E-state index in [0.29, 0.717) is 24.6 Å². The van der Waals surface area contributed by atoms with Gasteiger partial charge in [0.25, 0.3) is 5.91 Å². The van der Waals surface area contributed by atoms with Crippen molar-refractivity contribution in [2.24, 2.45) is 0 Å². The van der Waals surface area contributed by atoms with Crippen LogP contribution in [0.1, 0.15) is 10.5 Å². The first kappa shape index (κ1) is 17.0. The molecule has 1 aliphatic rings. The monoisotopic (exact) mass is 359 g/mol. The number of hydrogen-bond acceptors (Lipinski definition) is 5. The van der Waals surface area contributed by atoms with Gasteiger partial charge < -0.3 is 15.1 Å². The molecule has 6 nitrogen and oxygen atoms in total. The number of piperazine rings is 1. The van der Waals surface area contributed by atoms with E-state index in [-0.39, 0.29) is 5.91 Å². The average molecular weight is 359 g/mol. The molecule has 0 radical (unpaired) electrons. The van der Waals surface area contributed by atoms with Gasteiger partial charge in [-0.05, 0) is 24.3 Å². The number of nitrogens with one attached hydrogen (secondary N) is 1. The lowest BCUT2D eigenvalue weighted by atomic mass is 10.2. The lowest BCUT2D eigenvalue weighted by Crippen LogP contribution is -2.49. The summed E-state index contributed by atoms with van der Waals surface area (Å²) in [7, 11) is 0. The van der Waals surface area contributed by atoms with Crippen LogP contribution in [-0.4, -0.2) is 47.0 Å². The van der Waals surface area contributed by atoms with Gasteiger partial charge in [0.1, 0.15) is 17.8 Å². The zero-order chi connectivity index (χ0) is 18.5. The van der Waals surface area contributed by atoms with Crippen molar-refractivity contribution < 1.29 is 4.79 Å². The highest BCUT2D eigenvalue weighted by Gasteiger charge is 2.23. The van der Waals surface area contributed by atoms with E-state index in [1.807, 2.05) is 53.4 Å². The van der Waals surface area contributed by atoms with Crippen molar-refractivity contribution in [1.29, 1.82) is 0 Å². The summed E-state index contributed by atoms with van der Waals surface area (Å²) in [5.74, 6) is 0.559. The molecule has 0 saturated carbocycles. The minimum atomic E-state index is -0.0544. The SMILES string of the molecule is O=C(c1cc(Nc2ccccc2)ncn1)N1CCN(c2ccccc2)CC1. The summed E-state index contributed by atoms with van der Waals surface area (Å²) in [4.78, 5) is 25.4. The fourth-order valence-electron chi connectivity index (χ4n) is 3.18. The molecule has 1 aromatic heterocycles. The first-order valence-electron chi connectivity index (χ1n) is 9.03. The third-order valence-corrected chi connectivity index (χ3v) is 4.62. The number of amides is 1. The zero-order valence-corrected chi connectivity index (χ0v) is 15.0. The Bertz CT molecular complexity index is 893. The van der Waals surface area contributed by atoms with E-state index in [9.17, 15) is 4.79 Å². The summed E-state index contributed by atoms with van der Waals surface area (Å²) < 4.78 is 0. The van der Waals surface area contributed by atoms with Crippen LogP contribution in [0.4, 0.5) is 17.2 Å². The average Bonchev–Trinajstić information content (AvgIpc) is 2.75. The molecule has 0 unspecified atom stereocenters. The number of anilines is 3.